The fourth-order valence-corrected chi connectivity index (χ4v) is 3.17. The second-order valence-electron chi connectivity index (χ2n) is 6.38. The number of oxazole rings is 1. The standard InChI is InChI=1S/C22H16ClFN2O4/c1-28-15-7-12(8-16(11-15)29-2)21(27)25-14-4-6-20-19(10-14)26-22(30-20)17-5-3-13(24)9-18(17)23/h3-11H,1-2H3,(H,25,27). The number of ether oxygens (including phenoxy) is 2. The Morgan fingerprint density at radius 3 is 2.43 bits per heavy atom. The van der Waals surface area contributed by atoms with Gasteiger partial charge in [0, 0.05) is 17.3 Å². The summed E-state index contributed by atoms with van der Waals surface area (Å²) in [5, 5.41) is 3.01. The van der Waals surface area contributed by atoms with E-state index in [0.717, 1.165) is 0 Å². The van der Waals surface area contributed by atoms with Gasteiger partial charge in [0.1, 0.15) is 22.8 Å². The molecule has 4 rings (SSSR count). The third kappa shape index (κ3) is 3.92. The molecule has 4 aromatic rings. The van der Waals surface area contributed by atoms with Crippen molar-refractivity contribution in [3.05, 3.63) is 71.0 Å². The summed E-state index contributed by atoms with van der Waals surface area (Å²) in [5.41, 5.74) is 2.41. The van der Waals surface area contributed by atoms with Crippen molar-refractivity contribution in [3.63, 3.8) is 0 Å². The Morgan fingerprint density at radius 1 is 1.03 bits per heavy atom. The number of benzene rings is 3. The number of rotatable bonds is 5. The zero-order chi connectivity index (χ0) is 21.3. The molecule has 1 amide bonds. The Morgan fingerprint density at radius 2 is 1.77 bits per heavy atom. The minimum atomic E-state index is -0.445. The van der Waals surface area contributed by atoms with Crippen molar-refractivity contribution < 1.29 is 23.1 Å². The lowest BCUT2D eigenvalue weighted by Crippen LogP contribution is -2.12. The normalized spacial score (nSPS) is 10.8. The molecule has 8 heteroatoms. The number of carbonyl (C=O) groups is 1. The minimum Gasteiger partial charge on any atom is -0.497 e. The summed E-state index contributed by atoms with van der Waals surface area (Å²) in [4.78, 5) is 17.1. The highest BCUT2D eigenvalue weighted by atomic mass is 35.5. The van der Waals surface area contributed by atoms with Crippen LogP contribution in [0.4, 0.5) is 10.1 Å². The Hall–Kier alpha value is -3.58. The highest BCUT2D eigenvalue weighted by Crippen LogP contribution is 2.31. The fraction of sp³-hybridized carbons (Fsp3) is 0.0909. The van der Waals surface area contributed by atoms with Crippen LogP contribution in [0.1, 0.15) is 10.4 Å². The molecule has 1 heterocycles. The lowest BCUT2D eigenvalue weighted by Gasteiger charge is -2.09. The summed E-state index contributed by atoms with van der Waals surface area (Å²) in [6, 6.07) is 13.9. The summed E-state index contributed by atoms with van der Waals surface area (Å²) in [6.07, 6.45) is 0. The molecule has 0 fully saturated rings. The molecule has 6 nitrogen and oxygen atoms in total. The summed E-state index contributed by atoms with van der Waals surface area (Å²) in [5.74, 6) is 0.492. The van der Waals surface area contributed by atoms with Crippen LogP contribution < -0.4 is 14.8 Å². The van der Waals surface area contributed by atoms with Gasteiger partial charge in [-0.2, -0.15) is 0 Å². The van der Waals surface area contributed by atoms with Gasteiger partial charge >= 0.3 is 0 Å². The zero-order valence-corrected chi connectivity index (χ0v) is 16.8. The van der Waals surface area contributed by atoms with Crippen molar-refractivity contribution in [2.45, 2.75) is 0 Å². The van der Waals surface area contributed by atoms with Gasteiger partial charge in [0.25, 0.3) is 5.91 Å². The predicted molar refractivity (Wildman–Crippen MR) is 112 cm³/mol. The summed E-state index contributed by atoms with van der Waals surface area (Å²) in [7, 11) is 3.03. The zero-order valence-electron chi connectivity index (χ0n) is 16.0. The molecule has 0 aliphatic heterocycles. The second-order valence-corrected chi connectivity index (χ2v) is 6.79. The van der Waals surface area contributed by atoms with Crippen molar-refractivity contribution in [1.82, 2.24) is 4.98 Å². The molecule has 0 aliphatic carbocycles. The first-order valence-corrected chi connectivity index (χ1v) is 9.25. The molecule has 0 bridgehead atoms. The maximum Gasteiger partial charge on any atom is 0.255 e. The maximum atomic E-state index is 13.3. The van der Waals surface area contributed by atoms with E-state index in [1.54, 1.807) is 36.4 Å². The number of nitrogens with zero attached hydrogens (tertiary/aromatic N) is 1. The summed E-state index contributed by atoms with van der Waals surface area (Å²) >= 11 is 6.09. The van der Waals surface area contributed by atoms with E-state index in [2.05, 4.69) is 10.3 Å². The number of nitrogens with one attached hydrogen (secondary N) is 1. The largest absolute Gasteiger partial charge is 0.497 e. The third-order valence-electron chi connectivity index (χ3n) is 4.42. The molecule has 3 aromatic carbocycles. The topological polar surface area (TPSA) is 73.6 Å². The van der Waals surface area contributed by atoms with E-state index in [4.69, 9.17) is 25.5 Å². The van der Waals surface area contributed by atoms with Crippen molar-refractivity contribution >= 4 is 34.3 Å². The molecule has 1 aromatic heterocycles. The first kappa shape index (κ1) is 19.7. The average Bonchev–Trinajstić information content (AvgIpc) is 3.16. The molecule has 0 unspecified atom stereocenters. The molecule has 0 saturated heterocycles. The molecule has 0 atom stereocenters. The number of amides is 1. The molecule has 1 N–H and O–H groups in total. The van der Waals surface area contributed by atoms with E-state index in [1.165, 1.54) is 32.4 Å². The van der Waals surface area contributed by atoms with E-state index >= 15 is 0 Å². The lowest BCUT2D eigenvalue weighted by molar-refractivity contribution is 0.102. The van der Waals surface area contributed by atoms with E-state index in [-0.39, 0.29) is 16.8 Å². The molecular formula is C22H16ClFN2O4. The van der Waals surface area contributed by atoms with E-state index in [0.29, 0.717) is 39.4 Å². The first-order chi connectivity index (χ1) is 14.5. The highest BCUT2D eigenvalue weighted by molar-refractivity contribution is 6.33. The van der Waals surface area contributed by atoms with Gasteiger partial charge in [-0.25, -0.2) is 9.37 Å². The van der Waals surface area contributed by atoms with Gasteiger partial charge in [-0.05, 0) is 48.5 Å². The average molecular weight is 427 g/mol. The molecule has 0 radical (unpaired) electrons. The van der Waals surface area contributed by atoms with Crippen molar-refractivity contribution in [3.8, 4) is 23.0 Å². The predicted octanol–water partition coefficient (Wildman–Crippen LogP) is 5.56. The smallest absolute Gasteiger partial charge is 0.255 e. The van der Waals surface area contributed by atoms with E-state index < -0.39 is 5.82 Å². The Kier molecular flexibility index (Phi) is 5.29. The number of fused-ring (bicyclic) bond motifs is 1. The number of anilines is 1. The van der Waals surface area contributed by atoms with Gasteiger partial charge in [-0.1, -0.05) is 11.6 Å². The Bertz CT molecular complexity index is 1230. The molecule has 0 saturated carbocycles. The monoisotopic (exact) mass is 426 g/mol. The number of hydrogen-bond acceptors (Lipinski definition) is 5. The van der Waals surface area contributed by atoms with Crippen LogP contribution >= 0.6 is 11.6 Å². The molecule has 0 aliphatic rings. The van der Waals surface area contributed by atoms with Crippen LogP contribution in [0.25, 0.3) is 22.6 Å². The highest BCUT2D eigenvalue weighted by Gasteiger charge is 2.14. The first-order valence-electron chi connectivity index (χ1n) is 8.87. The van der Waals surface area contributed by atoms with E-state index in [1.807, 2.05) is 0 Å². The van der Waals surface area contributed by atoms with Gasteiger partial charge in [0.2, 0.25) is 5.89 Å². The summed E-state index contributed by atoms with van der Waals surface area (Å²) in [6.45, 7) is 0. The van der Waals surface area contributed by atoms with Crippen LogP contribution in [0, 0.1) is 5.82 Å². The number of halogens is 2. The van der Waals surface area contributed by atoms with Gasteiger partial charge in [0.15, 0.2) is 5.58 Å². The Labute approximate surface area is 176 Å². The van der Waals surface area contributed by atoms with Gasteiger partial charge in [-0.3, -0.25) is 4.79 Å². The number of carbonyl (C=O) groups excluding carboxylic acids is 1. The number of methoxy groups -OCH3 is 2. The van der Waals surface area contributed by atoms with Crippen molar-refractivity contribution in [1.29, 1.82) is 0 Å². The van der Waals surface area contributed by atoms with Gasteiger partial charge < -0.3 is 19.2 Å². The number of aromatic nitrogens is 1. The van der Waals surface area contributed by atoms with E-state index in [9.17, 15) is 9.18 Å². The summed E-state index contributed by atoms with van der Waals surface area (Å²) < 4.78 is 29.4. The van der Waals surface area contributed by atoms with Crippen LogP contribution in [0.3, 0.4) is 0 Å². The molecule has 0 spiro atoms. The quantitative estimate of drug-likeness (QED) is 0.452. The number of hydrogen-bond donors (Lipinski definition) is 1. The van der Waals surface area contributed by atoms with Crippen molar-refractivity contribution in [2.75, 3.05) is 19.5 Å². The maximum absolute atomic E-state index is 13.3. The molecule has 152 valence electrons. The van der Waals surface area contributed by atoms with Gasteiger partial charge in [-0.15, -0.1) is 0 Å². The third-order valence-corrected chi connectivity index (χ3v) is 4.73. The van der Waals surface area contributed by atoms with Crippen LogP contribution in [-0.4, -0.2) is 25.1 Å². The molecular weight excluding hydrogens is 411 g/mol. The molecule has 30 heavy (non-hydrogen) atoms. The SMILES string of the molecule is COc1cc(OC)cc(C(=O)Nc2ccc3oc(-c4ccc(F)cc4Cl)nc3c2)c1. The van der Waals surface area contributed by atoms with Crippen molar-refractivity contribution in [2.24, 2.45) is 0 Å². The minimum absolute atomic E-state index is 0.196. The lowest BCUT2D eigenvalue weighted by atomic mass is 10.1. The van der Waals surface area contributed by atoms with Crippen LogP contribution in [0.2, 0.25) is 5.02 Å². The van der Waals surface area contributed by atoms with Crippen LogP contribution in [-0.2, 0) is 0 Å². The van der Waals surface area contributed by atoms with Crippen LogP contribution in [0.5, 0.6) is 11.5 Å². The van der Waals surface area contributed by atoms with Gasteiger partial charge in [0.05, 0.1) is 24.8 Å². The fourth-order valence-electron chi connectivity index (χ4n) is 2.93. The van der Waals surface area contributed by atoms with Crippen LogP contribution in [0.15, 0.2) is 59.0 Å². The Balaban J connectivity index is 1.62. The second kappa shape index (κ2) is 8.04.